The maximum absolute atomic E-state index is 8.70. The van der Waals surface area contributed by atoms with Crippen LogP contribution in [-0.2, 0) is 0 Å². The molecule has 2 unspecified atom stereocenters. The van der Waals surface area contributed by atoms with Crippen molar-refractivity contribution >= 4 is 0 Å². The summed E-state index contributed by atoms with van der Waals surface area (Å²) in [5.74, 6) is 0.817. The van der Waals surface area contributed by atoms with E-state index in [1.54, 1.807) is 0 Å². The van der Waals surface area contributed by atoms with E-state index in [2.05, 4.69) is 24.2 Å². The Balaban J connectivity index is 2.14. The van der Waals surface area contributed by atoms with Crippen molar-refractivity contribution in [3.63, 3.8) is 0 Å². The van der Waals surface area contributed by atoms with Crippen molar-refractivity contribution < 1.29 is 5.11 Å². The molecule has 12 heavy (non-hydrogen) atoms. The number of nitrogens with one attached hydrogen (secondary N) is 1. The smallest absolute Gasteiger partial charge is 0.0558 e. The number of hydrogen-bond donors (Lipinski definition) is 2. The predicted octanol–water partition coefficient (Wildman–Crippen LogP) is -0.0915. The first-order chi connectivity index (χ1) is 5.72. The molecule has 0 aliphatic carbocycles. The number of aliphatic hydroxyl groups is 1. The van der Waals surface area contributed by atoms with Crippen LogP contribution >= 0.6 is 0 Å². The molecule has 1 rings (SSSR count). The summed E-state index contributed by atoms with van der Waals surface area (Å²) in [7, 11) is 2.06. The van der Waals surface area contributed by atoms with Gasteiger partial charge in [-0.1, -0.05) is 6.92 Å². The summed E-state index contributed by atoms with van der Waals surface area (Å²) in [5, 5.41) is 12.2. The van der Waals surface area contributed by atoms with Crippen molar-refractivity contribution in [2.75, 3.05) is 33.3 Å². The number of hydrogen-bond acceptors (Lipinski definition) is 3. The average Bonchev–Trinajstić information content (AvgIpc) is 2.36. The van der Waals surface area contributed by atoms with Gasteiger partial charge in [0.05, 0.1) is 6.61 Å². The van der Waals surface area contributed by atoms with Crippen molar-refractivity contribution in [1.82, 2.24) is 10.2 Å². The van der Waals surface area contributed by atoms with E-state index in [1.807, 2.05) is 0 Å². The van der Waals surface area contributed by atoms with Crippen LogP contribution in [-0.4, -0.2) is 49.3 Å². The zero-order valence-corrected chi connectivity index (χ0v) is 8.08. The molecule has 72 valence electrons. The SMILES string of the molecule is CC1CNC(CN(C)CCO)C1. The Morgan fingerprint density at radius 1 is 1.58 bits per heavy atom. The van der Waals surface area contributed by atoms with Crippen LogP contribution in [0.3, 0.4) is 0 Å². The van der Waals surface area contributed by atoms with E-state index in [9.17, 15) is 0 Å². The number of likely N-dealkylation sites (N-methyl/N-ethyl adjacent to an activating group) is 1. The molecule has 3 heteroatoms. The number of nitrogens with zero attached hydrogens (tertiary/aromatic N) is 1. The second-order valence-corrected chi connectivity index (χ2v) is 3.93. The molecule has 2 atom stereocenters. The molecule has 1 heterocycles. The Bertz CT molecular complexity index is 130. The number of rotatable bonds is 4. The summed E-state index contributed by atoms with van der Waals surface area (Å²) < 4.78 is 0. The van der Waals surface area contributed by atoms with Crippen LogP contribution in [0, 0.1) is 5.92 Å². The molecule has 0 saturated carbocycles. The van der Waals surface area contributed by atoms with Crippen molar-refractivity contribution in [3.05, 3.63) is 0 Å². The molecule has 0 aromatic carbocycles. The van der Waals surface area contributed by atoms with E-state index in [1.165, 1.54) is 6.42 Å². The van der Waals surface area contributed by atoms with Gasteiger partial charge in [-0.05, 0) is 25.9 Å². The maximum Gasteiger partial charge on any atom is 0.0558 e. The molecule has 0 spiro atoms. The Morgan fingerprint density at radius 2 is 2.33 bits per heavy atom. The van der Waals surface area contributed by atoms with Crippen LogP contribution in [0.25, 0.3) is 0 Å². The molecule has 1 fully saturated rings. The van der Waals surface area contributed by atoms with Gasteiger partial charge in [0.15, 0.2) is 0 Å². The topological polar surface area (TPSA) is 35.5 Å². The van der Waals surface area contributed by atoms with Gasteiger partial charge < -0.3 is 15.3 Å². The highest BCUT2D eigenvalue weighted by atomic mass is 16.3. The third-order valence-corrected chi connectivity index (χ3v) is 2.46. The molecule has 3 nitrogen and oxygen atoms in total. The van der Waals surface area contributed by atoms with E-state index in [0.717, 1.165) is 25.6 Å². The van der Waals surface area contributed by atoms with Crippen LogP contribution < -0.4 is 5.32 Å². The lowest BCUT2D eigenvalue weighted by atomic mass is 10.1. The fraction of sp³-hybridized carbons (Fsp3) is 1.00. The van der Waals surface area contributed by atoms with Crippen LogP contribution in [0.5, 0.6) is 0 Å². The second-order valence-electron chi connectivity index (χ2n) is 3.93. The molecule has 0 bridgehead atoms. The summed E-state index contributed by atoms with van der Waals surface area (Å²) in [6.07, 6.45) is 1.27. The monoisotopic (exact) mass is 172 g/mol. The van der Waals surface area contributed by atoms with E-state index in [4.69, 9.17) is 5.11 Å². The van der Waals surface area contributed by atoms with Gasteiger partial charge in [-0.25, -0.2) is 0 Å². The minimum Gasteiger partial charge on any atom is -0.395 e. The van der Waals surface area contributed by atoms with E-state index >= 15 is 0 Å². The van der Waals surface area contributed by atoms with Gasteiger partial charge in [-0.15, -0.1) is 0 Å². The molecular formula is C9H20N2O. The molecule has 0 aromatic heterocycles. The second kappa shape index (κ2) is 4.80. The summed E-state index contributed by atoms with van der Waals surface area (Å²) in [5.41, 5.74) is 0. The molecule has 0 aromatic rings. The zero-order chi connectivity index (χ0) is 8.97. The summed E-state index contributed by atoms with van der Waals surface area (Å²) in [6, 6.07) is 0.636. The Morgan fingerprint density at radius 3 is 2.83 bits per heavy atom. The minimum absolute atomic E-state index is 0.263. The van der Waals surface area contributed by atoms with Crippen molar-refractivity contribution in [2.24, 2.45) is 5.92 Å². The van der Waals surface area contributed by atoms with E-state index in [-0.39, 0.29) is 6.61 Å². The van der Waals surface area contributed by atoms with Gasteiger partial charge in [-0.3, -0.25) is 0 Å². The normalized spacial score (nSPS) is 30.0. The molecule has 1 aliphatic heterocycles. The highest BCUT2D eigenvalue weighted by molar-refractivity contribution is 4.80. The fourth-order valence-corrected chi connectivity index (χ4v) is 1.80. The van der Waals surface area contributed by atoms with Gasteiger partial charge in [0.25, 0.3) is 0 Å². The fourth-order valence-electron chi connectivity index (χ4n) is 1.80. The highest BCUT2D eigenvalue weighted by Crippen LogP contribution is 2.12. The largest absolute Gasteiger partial charge is 0.395 e. The first-order valence-corrected chi connectivity index (χ1v) is 4.75. The molecule has 0 amide bonds. The third kappa shape index (κ3) is 3.09. The molecular weight excluding hydrogens is 152 g/mol. The van der Waals surface area contributed by atoms with Crippen molar-refractivity contribution in [3.8, 4) is 0 Å². The zero-order valence-electron chi connectivity index (χ0n) is 8.08. The molecule has 0 radical (unpaired) electrons. The highest BCUT2D eigenvalue weighted by Gasteiger charge is 2.20. The summed E-state index contributed by atoms with van der Waals surface area (Å²) in [4.78, 5) is 2.18. The number of aliphatic hydroxyl groups excluding tert-OH is 1. The Kier molecular flexibility index (Phi) is 3.98. The third-order valence-electron chi connectivity index (χ3n) is 2.46. The van der Waals surface area contributed by atoms with E-state index < -0.39 is 0 Å². The lowest BCUT2D eigenvalue weighted by molar-refractivity contribution is 0.211. The first-order valence-electron chi connectivity index (χ1n) is 4.75. The minimum atomic E-state index is 0.263. The van der Waals surface area contributed by atoms with Gasteiger partial charge in [0.2, 0.25) is 0 Å². The molecule has 1 aliphatic rings. The predicted molar refractivity (Wildman–Crippen MR) is 50.2 cm³/mol. The van der Waals surface area contributed by atoms with Crippen LogP contribution in [0.1, 0.15) is 13.3 Å². The Labute approximate surface area is 74.8 Å². The van der Waals surface area contributed by atoms with Crippen LogP contribution in [0.4, 0.5) is 0 Å². The van der Waals surface area contributed by atoms with Crippen molar-refractivity contribution in [2.45, 2.75) is 19.4 Å². The molecule has 2 N–H and O–H groups in total. The van der Waals surface area contributed by atoms with Gasteiger partial charge in [-0.2, -0.15) is 0 Å². The summed E-state index contributed by atoms with van der Waals surface area (Å²) in [6.45, 7) is 5.53. The lowest BCUT2D eigenvalue weighted by Crippen LogP contribution is -2.36. The van der Waals surface area contributed by atoms with Gasteiger partial charge in [0, 0.05) is 19.1 Å². The van der Waals surface area contributed by atoms with Gasteiger partial charge >= 0.3 is 0 Å². The van der Waals surface area contributed by atoms with E-state index in [0.29, 0.717) is 6.04 Å². The van der Waals surface area contributed by atoms with Crippen molar-refractivity contribution in [1.29, 1.82) is 0 Å². The molecule has 1 saturated heterocycles. The van der Waals surface area contributed by atoms with Crippen LogP contribution in [0.15, 0.2) is 0 Å². The quantitative estimate of drug-likeness (QED) is 0.622. The summed E-state index contributed by atoms with van der Waals surface area (Å²) >= 11 is 0. The Hall–Kier alpha value is -0.120. The first kappa shape index (κ1) is 9.96. The van der Waals surface area contributed by atoms with Crippen LogP contribution in [0.2, 0.25) is 0 Å². The van der Waals surface area contributed by atoms with Gasteiger partial charge in [0.1, 0.15) is 0 Å². The average molecular weight is 172 g/mol. The standard InChI is InChI=1S/C9H20N2O/c1-8-5-9(10-6-8)7-11(2)3-4-12/h8-10,12H,3-7H2,1-2H3. The maximum atomic E-state index is 8.70. The lowest BCUT2D eigenvalue weighted by Gasteiger charge is -2.19.